The quantitative estimate of drug-likeness (QED) is 0.629. The summed E-state index contributed by atoms with van der Waals surface area (Å²) in [5, 5.41) is 8.58. The second-order valence-corrected chi connectivity index (χ2v) is 3.75. The van der Waals surface area contributed by atoms with Gasteiger partial charge in [-0.1, -0.05) is 13.8 Å². The summed E-state index contributed by atoms with van der Waals surface area (Å²) in [7, 11) is 0. The number of ether oxygens (including phenoxy) is 1. The van der Waals surface area contributed by atoms with Crippen molar-refractivity contribution in [2.45, 2.75) is 38.9 Å². The molecule has 0 bridgehead atoms. The van der Waals surface area contributed by atoms with E-state index in [2.05, 4.69) is 13.8 Å². The molecule has 0 spiro atoms. The van der Waals surface area contributed by atoms with Gasteiger partial charge in [-0.05, 0) is 19.3 Å². The molecule has 0 amide bonds. The molecule has 2 atom stereocenters. The standard InChI is InChI=1S/C8H14O3/c1-5(2)4-8(3)6(11-8)7(9)10/h5-6H,4H2,1-3H3,(H,9,10). The lowest BCUT2D eigenvalue weighted by molar-refractivity contribution is -0.138. The maximum absolute atomic E-state index is 10.4. The van der Waals surface area contributed by atoms with Gasteiger partial charge in [0.25, 0.3) is 0 Å². The van der Waals surface area contributed by atoms with Crippen molar-refractivity contribution < 1.29 is 14.6 Å². The number of carboxylic acid groups (broad SMARTS) is 1. The van der Waals surface area contributed by atoms with E-state index in [9.17, 15) is 4.79 Å². The van der Waals surface area contributed by atoms with Gasteiger partial charge in [0.2, 0.25) is 0 Å². The average Bonchev–Trinajstić information content (AvgIpc) is 2.39. The molecular formula is C8H14O3. The van der Waals surface area contributed by atoms with Crippen LogP contribution in [-0.2, 0) is 9.53 Å². The minimum absolute atomic E-state index is 0.389. The summed E-state index contributed by atoms with van der Waals surface area (Å²) in [6.45, 7) is 5.98. The largest absolute Gasteiger partial charge is 0.479 e. The predicted molar refractivity (Wildman–Crippen MR) is 40.4 cm³/mol. The zero-order valence-corrected chi connectivity index (χ0v) is 7.13. The van der Waals surface area contributed by atoms with Gasteiger partial charge < -0.3 is 9.84 Å². The molecule has 0 aromatic carbocycles. The summed E-state index contributed by atoms with van der Waals surface area (Å²) in [6.07, 6.45) is 0.258. The van der Waals surface area contributed by atoms with Gasteiger partial charge in [-0.25, -0.2) is 4.79 Å². The van der Waals surface area contributed by atoms with Gasteiger partial charge in [0.15, 0.2) is 6.10 Å². The van der Waals surface area contributed by atoms with Crippen molar-refractivity contribution in [3.05, 3.63) is 0 Å². The molecule has 64 valence electrons. The third-order valence-corrected chi connectivity index (χ3v) is 1.92. The molecule has 0 aromatic rings. The average molecular weight is 158 g/mol. The lowest BCUT2D eigenvalue weighted by Gasteiger charge is -2.07. The van der Waals surface area contributed by atoms with Crippen molar-refractivity contribution in [3.63, 3.8) is 0 Å². The fraction of sp³-hybridized carbons (Fsp3) is 0.875. The molecule has 0 saturated carbocycles. The SMILES string of the molecule is CC(C)CC1(C)OC1C(=O)O. The molecular weight excluding hydrogens is 144 g/mol. The molecule has 1 N–H and O–H groups in total. The van der Waals surface area contributed by atoms with Crippen LogP contribution in [0.15, 0.2) is 0 Å². The Hall–Kier alpha value is -0.570. The molecule has 1 aliphatic heterocycles. The lowest BCUT2D eigenvalue weighted by Crippen LogP contribution is -2.18. The fourth-order valence-electron chi connectivity index (χ4n) is 1.51. The predicted octanol–water partition coefficient (Wildman–Crippen LogP) is 1.27. The van der Waals surface area contributed by atoms with Gasteiger partial charge in [-0.3, -0.25) is 0 Å². The van der Waals surface area contributed by atoms with Gasteiger partial charge in [0, 0.05) is 0 Å². The van der Waals surface area contributed by atoms with Crippen LogP contribution >= 0.6 is 0 Å². The summed E-state index contributed by atoms with van der Waals surface area (Å²) >= 11 is 0. The Balaban J connectivity index is 2.43. The first-order valence-corrected chi connectivity index (χ1v) is 3.86. The molecule has 0 radical (unpaired) electrons. The van der Waals surface area contributed by atoms with E-state index in [-0.39, 0.29) is 5.60 Å². The zero-order valence-electron chi connectivity index (χ0n) is 7.13. The van der Waals surface area contributed by atoms with Crippen LogP contribution in [0.1, 0.15) is 27.2 Å². The molecule has 3 heteroatoms. The van der Waals surface area contributed by atoms with E-state index < -0.39 is 12.1 Å². The smallest absolute Gasteiger partial charge is 0.335 e. The van der Waals surface area contributed by atoms with Crippen LogP contribution in [-0.4, -0.2) is 22.8 Å². The Labute approximate surface area is 66.4 Å². The van der Waals surface area contributed by atoms with Crippen molar-refractivity contribution in [2.75, 3.05) is 0 Å². The van der Waals surface area contributed by atoms with Gasteiger partial charge in [-0.15, -0.1) is 0 Å². The highest BCUT2D eigenvalue weighted by Gasteiger charge is 2.57. The summed E-state index contributed by atoms with van der Waals surface area (Å²) < 4.78 is 5.08. The first-order chi connectivity index (χ1) is 4.96. The first kappa shape index (κ1) is 8.53. The summed E-state index contributed by atoms with van der Waals surface area (Å²) in [5.41, 5.74) is -0.389. The van der Waals surface area contributed by atoms with Gasteiger partial charge in [0.1, 0.15) is 5.60 Å². The molecule has 11 heavy (non-hydrogen) atoms. The molecule has 1 rings (SSSR count). The van der Waals surface area contributed by atoms with Crippen LogP contribution < -0.4 is 0 Å². The Morgan fingerprint density at radius 1 is 1.73 bits per heavy atom. The van der Waals surface area contributed by atoms with Crippen LogP contribution in [0.25, 0.3) is 0 Å². The third-order valence-electron chi connectivity index (χ3n) is 1.92. The van der Waals surface area contributed by atoms with E-state index in [1.807, 2.05) is 6.92 Å². The monoisotopic (exact) mass is 158 g/mol. The van der Waals surface area contributed by atoms with E-state index in [0.717, 1.165) is 6.42 Å². The molecule has 0 aliphatic carbocycles. The highest BCUT2D eigenvalue weighted by atomic mass is 16.6. The van der Waals surface area contributed by atoms with Crippen molar-refractivity contribution in [3.8, 4) is 0 Å². The maximum atomic E-state index is 10.4. The molecule has 1 fully saturated rings. The fourth-order valence-corrected chi connectivity index (χ4v) is 1.51. The zero-order chi connectivity index (χ0) is 8.65. The second-order valence-electron chi connectivity index (χ2n) is 3.75. The minimum Gasteiger partial charge on any atom is -0.479 e. The molecule has 1 aliphatic rings. The highest BCUT2D eigenvalue weighted by Crippen LogP contribution is 2.41. The maximum Gasteiger partial charge on any atom is 0.335 e. The Bertz CT molecular complexity index is 176. The van der Waals surface area contributed by atoms with Crippen molar-refractivity contribution >= 4 is 5.97 Å². The molecule has 2 unspecified atom stereocenters. The Morgan fingerprint density at radius 2 is 2.27 bits per heavy atom. The van der Waals surface area contributed by atoms with Crippen molar-refractivity contribution in [2.24, 2.45) is 5.92 Å². The van der Waals surface area contributed by atoms with Crippen molar-refractivity contribution in [1.29, 1.82) is 0 Å². The van der Waals surface area contributed by atoms with Gasteiger partial charge in [0.05, 0.1) is 0 Å². The first-order valence-electron chi connectivity index (χ1n) is 3.86. The summed E-state index contributed by atoms with van der Waals surface area (Å²) in [6, 6.07) is 0. The second kappa shape index (κ2) is 2.48. The molecule has 3 nitrogen and oxygen atoms in total. The Morgan fingerprint density at radius 3 is 2.55 bits per heavy atom. The topological polar surface area (TPSA) is 49.8 Å². The molecule has 1 saturated heterocycles. The molecule has 1 heterocycles. The van der Waals surface area contributed by atoms with E-state index in [1.54, 1.807) is 0 Å². The summed E-state index contributed by atoms with van der Waals surface area (Å²) in [5.74, 6) is -0.350. The Kier molecular flexibility index (Phi) is 1.92. The van der Waals surface area contributed by atoms with Gasteiger partial charge in [-0.2, -0.15) is 0 Å². The number of rotatable bonds is 3. The lowest BCUT2D eigenvalue weighted by atomic mass is 9.96. The minimum atomic E-state index is -0.840. The number of carbonyl (C=O) groups is 1. The van der Waals surface area contributed by atoms with Crippen LogP contribution in [0.3, 0.4) is 0 Å². The third kappa shape index (κ3) is 1.71. The number of epoxide rings is 1. The van der Waals surface area contributed by atoms with E-state index in [0.29, 0.717) is 5.92 Å². The number of aliphatic carboxylic acids is 1. The van der Waals surface area contributed by atoms with Crippen LogP contribution in [0.2, 0.25) is 0 Å². The number of hydrogen-bond donors (Lipinski definition) is 1. The van der Waals surface area contributed by atoms with Crippen LogP contribution in [0.5, 0.6) is 0 Å². The summed E-state index contributed by atoms with van der Waals surface area (Å²) in [4.78, 5) is 10.4. The van der Waals surface area contributed by atoms with E-state index in [1.165, 1.54) is 0 Å². The number of hydrogen-bond acceptors (Lipinski definition) is 2. The highest BCUT2D eigenvalue weighted by molar-refractivity contribution is 5.77. The van der Waals surface area contributed by atoms with Crippen LogP contribution in [0, 0.1) is 5.92 Å². The van der Waals surface area contributed by atoms with E-state index in [4.69, 9.17) is 9.84 Å². The van der Waals surface area contributed by atoms with E-state index >= 15 is 0 Å². The van der Waals surface area contributed by atoms with Gasteiger partial charge >= 0.3 is 5.97 Å². The normalized spacial score (nSPS) is 35.8. The van der Waals surface area contributed by atoms with Crippen LogP contribution in [0.4, 0.5) is 0 Å². The molecule has 0 aromatic heterocycles. The number of carboxylic acids is 1. The van der Waals surface area contributed by atoms with Crippen molar-refractivity contribution in [1.82, 2.24) is 0 Å².